The predicted molar refractivity (Wildman–Crippen MR) is 227 cm³/mol. The Labute approximate surface area is 363 Å². The molecule has 21 heteroatoms. The van der Waals surface area contributed by atoms with Crippen LogP contribution in [0.3, 0.4) is 0 Å². The molecule has 0 rings (SSSR count). The molecule has 4 amide bonds. The monoisotopic (exact) mass is 886 g/mol. The van der Waals surface area contributed by atoms with E-state index < -0.39 is 110 Å². The molecule has 0 aromatic heterocycles. The van der Waals surface area contributed by atoms with E-state index in [9.17, 15) is 58.5 Å². The van der Waals surface area contributed by atoms with Gasteiger partial charge in [-0.1, -0.05) is 89.9 Å². The van der Waals surface area contributed by atoms with Crippen LogP contribution in [0.4, 0.5) is 0 Å². The Morgan fingerprint density at radius 3 is 1.03 bits per heavy atom. The predicted octanol–water partition coefficient (Wildman–Crippen LogP) is 2.76. The van der Waals surface area contributed by atoms with Crippen LogP contribution in [-0.4, -0.2) is 116 Å². The van der Waals surface area contributed by atoms with Gasteiger partial charge in [0.1, 0.15) is 24.2 Å². The minimum absolute atomic E-state index is 0.00251. The molecule has 0 fully saturated rings. The molecule has 0 radical (unpaired) electrons. The molecule has 0 bridgehead atoms. The van der Waals surface area contributed by atoms with E-state index in [0.717, 1.165) is 64.2 Å². The third-order valence-electron chi connectivity index (χ3n) is 9.96. The highest BCUT2D eigenvalue weighted by molar-refractivity contribution is 5.95. The summed E-state index contributed by atoms with van der Waals surface area (Å²) >= 11 is 0. The van der Waals surface area contributed by atoms with Crippen molar-refractivity contribution in [1.82, 2.24) is 21.3 Å². The summed E-state index contributed by atoms with van der Waals surface area (Å²) < 4.78 is 0. The van der Waals surface area contributed by atoms with Gasteiger partial charge in [0.05, 0.1) is 0 Å². The fraction of sp³-hybridized carbons (Fsp3) is 0.756. The summed E-state index contributed by atoms with van der Waals surface area (Å²) in [5, 5.41) is 55.2. The number of nitrogens with zero attached hydrogens (tertiary/aromatic N) is 1. The number of carbonyl (C=O) groups is 9. The number of hydrogen-bond acceptors (Lipinski definition) is 10. The zero-order valence-electron chi connectivity index (χ0n) is 35.9. The van der Waals surface area contributed by atoms with E-state index in [2.05, 4.69) is 26.3 Å². The van der Waals surface area contributed by atoms with Crippen LogP contribution < -0.4 is 32.7 Å². The molecule has 0 heterocycles. The number of unbranched alkanes of at least 4 members (excludes halogenated alkanes) is 15. The molecule has 21 nitrogen and oxygen atoms in total. The first-order valence-corrected chi connectivity index (χ1v) is 21.8. The van der Waals surface area contributed by atoms with Gasteiger partial charge in [-0.05, 0) is 44.9 Å². The van der Waals surface area contributed by atoms with Gasteiger partial charge in [-0.3, -0.25) is 43.3 Å². The van der Waals surface area contributed by atoms with Crippen molar-refractivity contribution in [2.24, 2.45) is 16.5 Å². The number of nitrogens with two attached hydrogens (primary N) is 2. The summed E-state index contributed by atoms with van der Waals surface area (Å²) in [7, 11) is 0. The molecule has 0 aliphatic heterocycles. The molecular weight excluding hydrogens is 814 g/mol. The molecule has 0 saturated heterocycles. The zero-order chi connectivity index (χ0) is 46.7. The number of aliphatic imine (C=N–C) groups is 1. The van der Waals surface area contributed by atoms with Gasteiger partial charge >= 0.3 is 29.8 Å². The van der Waals surface area contributed by atoms with E-state index >= 15 is 0 Å². The average Bonchev–Trinajstić information content (AvgIpc) is 3.19. The van der Waals surface area contributed by atoms with Crippen molar-refractivity contribution < 1.29 is 68.7 Å². The lowest BCUT2D eigenvalue weighted by Gasteiger charge is -2.26. The number of guanidine groups is 1. The number of carboxylic acids is 5. The molecule has 0 saturated carbocycles. The molecule has 0 aliphatic carbocycles. The van der Waals surface area contributed by atoms with Crippen LogP contribution in [-0.2, 0) is 43.2 Å². The standard InChI is InChI=1S/C41H71N7O14/c42-41(43)44-27-17-18-28(37(58)48-31(40(61)62)23-26-36(56)57)46-39(60)30(22-25-35(54)55)47-38(59)29(21-24-34(52)53)45-32(49)19-15-13-11-9-7-5-3-1-2-4-6-8-10-12-14-16-20-33(50)51/h28-31H,1-27H2,(H,45,49)(H,46,60)(H,47,59)(H,48,58)(H,50,51)(H,52,53)(H,54,55)(H,56,57)(H,61,62)(H4,42,43,44)/t28-,29-,30-,31-/m0/s1. The lowest BCUT2D eigenvalue weighted by molar-refractivity contribution is -0.143. The number of aliphatic carboxylic acids is 5. The quantitative estimate of drug-likeness (QED) is 0.0239. The maximum atomic E-state index is 13.5. The SMILES string of the molecule is NC(N)=NCCC[C@H](NC(=O)[C@H](CCC(=O)O)NC(=O)[C@H](CCC(=O)O)NC(=O)CCCCCCCCCCCCCCCCCCC(=O)O)C(=O)N[C@@H](CCC(=O)O)C(=O)O. The van der Waals surface area contributed by atoms with Crippen LogP contribution in [0.15, 0.2) is 4.99 Å². The minimum Gasteiger partial charge on any atom is -0.481 e. The Hall–Kier alpha value is -5.50. The summed E-state index contributed by atoms with van der Waals surface area (Å²) in [4.78, 5) is 113. The van der Waals surface area contributed by atoms with Crippen molar-refractivity contribution in [2.75, 3.05) is 6.54 Å². The van der Waals surface area contributed by atoms with Crippen LogP contribution in [0.5, 0.6) is 0 Å². The summed E-state index contributed by atoms with van der Waals surface area (Å²) in [6.07, 6.45) is 13.7. The summed E-state index contributed by atoms with van der Waals surface area (Å²) in [5.41, 5.74) is 10.7. The topological polar surface area (TPSA) is 367 Å². The molecule has 4 atom stereocenters. The van der Waals surface area contributed by atoms with Gasteiger partial charge in [0.25, 0.3) is 0 Å². The van der Waals surface area contributed by atoms with Crippen molar-refractivity contribution in [3.8, 4) is 0 Å². The summed E-state index contributed by atoms with van der Waals surface area (Å²) in [5.74, 6) is -9.98. The first-order valence-electron chi connectivity index (χ1n) is 21.8. The average molecular weight is 886 g/mol. The number of carbonyl (C=O) groups excluding carboxylic acids is 4. The molecule has 0 unspecified atom stereocenters. The van der Waals surface area contributed by atoms with E-state index in [4.69, 9.17) is 21.7 Å². The molecule has 0 aliphatic rings. The lowest BCUT2D eigenvalue weighted by Crippen LogP contribution is -2.57. The Morgan fingerprint density at radius 2 is 0.677 bits per heavy atom. The third kappa shape index (κ3) is 32.3. The fourth-order valence-corrected chi connectivity index (χ4v) is 6.49. The van der Waals surface area contributed by atoms with Crippen molar-refractivity contribution in [3.05, 3.63) is 0 Å². The van der Waals surface area contributed by atoms with Gasteiger partial charge in [0.2, 0.25) is 23.6 Å². The molecular formula is C41H71N7O14. The van der Waals surface area contributed by atoms with Gasteiger partial charge < -0.3 is 58.3 Å². The highest BCUT2D eigenvalue weighted by atomic mass is 16.4. The maximum absolute atomic E-state index is 13.5. The van der Waals surface area contributed by atoms with Crippen LogP contribution in [0.25, 0.3) is 0 Å². The van der Waals surface area contributed by atoms with Gasteiger partial charge in [0, 0.05) is 38.6 Å². The van der Waals surface area contributed by atoms with Crippen molar-refractivity contribution in [3.63, 3.8) is 0 Å². The number of carboxylic acid groups (broad SMARTS) is 5. The Bertz CT molecular complexity index is 1440. The summed E-state index contributed by atoms with van der Waals surface area (Å²) in [6.45, 7) is -0.00251. The van der Waals surface area contributed by atoms with Crippen LogP contribution in [0, 0.1) is 0 Å². The summed E-state index contributed by atoms with van der Waals surface area (Å²) in [6, 6.07) is -6.12. The lowest BCUT2D eigenvalue weighted by atomic mass is 10.0. The minimum atomic E-state index is -1.64. The molecule has 0 spiro atoms. The van der Waals surface area contributed by atoms with Gasteiger partial charge in [-0.2, -0.15) is 0 Å². The van der Waals surface area contributed by atoms with E-state index in [1.54, 1.807) is 0 Å². The second-order valence-corrected chi connectivity index (χ2v) is 15.4. The number of amides is 4. The van der Waals surface area contributed by atoms with E-state index in [0.29, 0.717) is 6.42 Å². The van der Waals surface area contributed by atoms with E-state index in [1.165, 1.54) is 32.1 Å². The first kappa shape index (κ1) is 56.5. The van der Waals surface area contributed by atoms with Crippen LogP contribution in [0.2, 0.25) is 0 Å². The van der Waals surface area contributed by atoms with E-state index in [-0.39, 0.29) is 44.6 Å². The smallest absolute Gasteiger partial charge is 0.326 e. The zero-order valence-corrected chi connectivity index (χ0v) is 35.9. The largest absolute Gasteiger partial charge is 0.481 e. The van der Waals surface area contributed by atoms with Crippen LogP contribution >= 0.6 is 0 Å². The van der Waals surface area contributed by atoms with Gasteiger partial charge in [-0.25, -0.2) is 4.79 Å². The molecule has 0 aromatic rings. The second kappa shape index (κ2) is 35.1. The van der Waals surface area contributed by atoms with Crippen molar-refractivity contribution >= 4 is 59.4 Å². The van der Waals surface area contributed by atoms with Crippen LogP contribution in [0.1, 0.15) is 167 Å². The van der Waals surface area contributed by atoms with Crippen molar-refractivity contribution in [1.29, 1.82) is 0 Å². The maximum Gasteiger partial charge on any atom is 0.326 e. The highest BCUT2D eigenvalue weighted by Crippen LogP contribution is 2.15. The Kier molecular flexibility index (Phi) is 32.0. The normalized spacial score (nSPS) is 12.8. The fourth-order valence-electron chi connectivity index (χ4n) is 6.49. The molecule has 0 aromatic carbocycles. The molecule has 62 heavy (non-hydrogen) atoms. The first-order chi connectivity index (χ1) is 29.4. The Balaban J connectivity index is 5.20. The highest BCUT2D eigenvalue weighted by Gasteiger charge is 2.32. The number of hydrogen-bond donors (Lipinski definition) is 11. The molecule has 13 N–H and O–H groups in total. The van der Waals surface area contributed by atoms with E-state index in [1.807, 2.05) is 0 Å². The van der Waals surface area contributed by atoms with Gasteiger partial charge in [-0.15, -0.1) is 0 Å². The number of nitrogens with one attached hydrogen (secondary N) is 4. The van der Waals surface area contributed by atoms with Crippen molar-refractivity contribution in [2.45, 2.75) is 191 Å². The molecule has 354 valence electrons. The Morgan fingerprint density at radius 1 is 0.371 bits per heavy atom. The third-order valence-corrected chi connectivity index (χ3v) is 9.96. The second-order valence-electron chi connectivity index (χ2n) is 15.4. The van der Waals surface area contributed by atoms with Gasteiger partial charge in [0.15, 0.2) is 5.96 Å². The number of rotatable bonds is 40.